The second-order valence-corrected chi connectivity index (χ2v) is 3.42. The largest absolute Gasteiger partial charge is 0.358 e. The summed E-state index contributed by atoms with van der Waals surface area (Å²) >= 11 is 0. The van der Waals surface area contributed by atoms with Crippen LogP contribution >= 0.6 is 0 Å². The molecule has 1 aromatic carbocycles. The first-order valence-electron chi connectivity index (χ1n) is 4.91. The van der Waals surface area contributed by atoms with Crippen molar-refractivity contribution in [2.45, 2.75) is 6.54 Å². The van der Waals surface area contributed by atoms with Gasteiger partial charge in [0.05, 0.1) is 0 Å². The van der Waals surface area contributed by atoms with Crippen molar-refractivity contribution in [1.82, 2.24) is 9.55 Å². The van der Waals surface area contributed by atoms with Gasteiger partial charge in [-0.2, -0.15) is 4.57 Å². The molecule has 0 aliphatic heterocycles. The Bertz CT molecular complexity index is 548. The van der Waals surface area contributed by atoms with Gasteiger partial charge in [-0.15, -0.1) is 0 Å². The van der Waals surface area contributed by atoms with Crippen molar-refractivity contribution < 1.29 is 9.72 Å². The first kappa shape index (κ1) is 11.0. The third-order valence-corrected chi connectivity index (χ3v) is 2.34. The summed E-state index contributed by atoms with van der Waals surface area (Å²) in [7, 11) is 0. The van der Waals surface area contributed by atoms with Crippen LogP contribution in [-0.4, -0.2) is 20.8 Å². The lowest BCUT2D eigenvalue weighted by Gasteiger charge is -2.02. The summed E-state index contributed by atoms with van der Waals surface area (Å²) in [6, 6.07) is 9.18. The van der Waals surface area contributed by atoms with Crippen LogP contribution in [0.25, 0.3) is 0 Å². The maximum Gasteiger partial charge on any atom is 0.343 e. The van der Waals surface area contributed by atoms with Crippen LogP contribution in [0.5, 0.6) is 0 Å². The molecule has 0 N–H and O–H groups in total. The van der Waals surface area contributed by atoms with Gasteiger partial charge in [0.15, 0.2) is 0 Å². The fourth-order valence-corrected chi connectivity index (χ4v) is 1.55. The van der Waals surface area contributed by atoms with Gasteiger partial charge in [-0.25, -0.2) is 4.98 Å². The lowest BCUT2D eigenvalue weighted by atomic mass is 10.2. The smallest absolute Gasteiger partial charge is 0.343 e. The van der Waals surface area contributed by atoms with Crippen LogP contribution in [0.3, 0.4) is 0 Å². The molecule has 1 heterocycles. The predicted molar refractivity (Wildman–Crippen MR) is 59.8 cm³/mol. The van der Waals surface area contributed by atoms with E-state index in [9.17, 15) is 14.9 Å². The Kier molecular flexibility index (Phi) is 2.95. The molecule has 0 aliphatic rings. The maximum atomic E-state index is 10.8. The van der Waals surface area contributed by atoms with Gasteiger partial charge in [-0.05, 0) is 10.5 Å². The van der Waals surface area contributed by atoms with Crippen LogP contribution < -0.4 is 0 Å². The topological polar surface area (TPSA) is 78.0 Å². The predicted octanol–water partition coefficient (Wildman–Crippen LogP) is 1.65. The Labute approximate surface area is 96.7 Å². The molecule has 0 aliphatic carbocycles. The zero-order chi connectivity index (χ0) is 12.3. The maximum absolute atomic E-state index is 10.8. The minimum atomic E-state index is -0.553. The van der Waals surface area contributed by atoms with Crippen LogP contribution in [0.2, 0.25) is 0 Å². The normalized spacial score (nSPS) is 10.1. The Balaban J connectivity index is 2.40. The third-order valence-electron chi connectivity index (χ3n) is 2.34. The minimum absolute atomic E-state index is 0.0561. The van der Waals surface area contributed by atoms with Gasteiger partial charge in [0, 0.05) is 0 Å². The molecule has 2 rings (SSSR count). The number of imidazole rings is 1. The summed E-state index contributed by atoms with van der Waals surface area (Å²) < 4.78 is 1.28. The standard InChI is InChI=1S/C11H9N3O3/c15-8-10-12-6-11(14(16)17)13(10)7-9-4-2-1-3-5-9/h1-6,8H,7H2. The molecule has 0 radical (unpaired) electrons. The molecule has 86 valence electrons. The number of carbonyl (C=O) groups is 1. The number of benzene rings is 1. The summed E-state index contributed by atoms with van der Waals surface area (Å²) in [4.78, 5) is 24.7. The molecule has 0 spiro atoms. The molecular weight excluding hydrogens is 222 g/mol. The molecule has 0 saturated heterocycles. The SMILES string of the molecule is O=Cc1ncc([N+](=O)[O-])n1Cc1ccccc1. The average Bonchev–Trinajstić information content (AvgIpc) is 2.73. The second-order valence-electron chi connectivity index (χ2n) is 3.42. The summed E-state index contributed by atoms with van der Waals surface area (Å²) in [6.45, 7) is 0.255. The first-order chi connectivity index (χ1) is 8.22. The Morgan fingerprint density at radius 1 is 1.35 bits per heavy atom. The van der Waals surface area contributed by atoms with E-state index in [-0.39, 0.29) is 18.2 Å². The third kappa shape index (κ3) is 2.20. The second kappa shape index (κ2) is 4.56. The lowest BCUT2D eigenvalue weighted by molar-refractivity contribution is -0.392. The molecule has 0 fully saturated rings. The highest BCUT2D eigenvalue weighted by molar-refractivity contribution is 5.70. The van der Waals surface area contributed by atoms with E-state index >= 15 is 0 Å². The summed E-state index contributed by atoms with van der Waals surface area (Å²) in [5.74, 6) is -0.128. The van der Waals surface area contributed by atoms with Crippen molar-refractivity contribution in [3.63, 3.8) is 0 Å². The van der Waals surface area contributed by atoms with Crippen LogP contribution in [0.15, 0.2) is 36.5 Å². The molecule has 0 atom stereocenters. The molecule has 0 amide bonds. The molecular formula is C11H9N3O3. The van der Waals surface area contributed by atoms with E-state index in [2.05, 4.69) is 4.98 Å². The molecule has 17 heavy (non-hydrogen) atoms. The van der Waals surface area contributed by atoms with E-state index in [1.54, 1.807) is 0 Å². The lowest BCUT2D eigenvalue weighted by Crippen LogP contribution is -2.07. The van der Waals surface area contributed by atoms with Gasteiger partial charge in [0.1, 0.15) is 12.7 Å². The highest BCUT2D eigenvalue weighted by atomic mass is 16.6. The van der Waals surface area contributed by atoms with Crippen LogP contribution in [-0.2, 0) is 6.54 Å². The van der Waals surface area contributed by atoms with Gasteiger partial charge >= 0.3 is 5.82 Å². The van der Waals surface area contributed by atoms with E-state index in [0.717, 1.165) is 11.8 Å². The quantitative estimate of drug-likeness (QED) is 0.455. The van der Waals surface area contributed by atoms with E-state index < -0.39 is 4.92 Å². The van der Waals surface area contributed by atoms with Crippen molar-refractivity contribution in [2.75, 3.05) is 0 Å². The van der Waals surface area contributed by atoms with Crippen molar-refractivity contribution in [3.8, 4) is 0 Å². The van der Waals surface area contributed by atoms with Crippen molar-refractivity contribution >= 4 is 12.1 Å². The molecule has 0 unspecified atom stereocenters. The van der Waals surface area contributed by atoms with Gasteiger partial charge in [0.25, 0.3) is 5.82 Å². The van der Waals surface area contributed by atoms with Crippen LogP contribution in [0.1, 0.15) is 16.2 Å². The average molecular weight is 231 g/mol. The molecule has 1 aromatic heterocycles. The monoisotopic (exact) mass is 231 g/mol. The first-order valence-corrected chi connectivity index (χ1v) is 4.91. The van der Waals surface area contributed by atoms with E-state index in [4.69, 9.17) is 0 Å². The number of nitro groups is 1. The van der Waals surface area contributed by atoms with Gasteiger partial charge in [-0.3, -0.25) is 4.79 Å². The van der Waals surface area contributed by atoms with Crippen LogP contribution in [0.4, 0.5) is 5.82 Å². The van der Waals surface area contributed by atoms with Crippen molar-refractivity contribution in [1.29, 1.82) is 0 Å². The summed E-state index contributed by atoms with van der Waals surface area (Å²) in [6.07, 6.45) is 1.60. The Hall–Kier alpha value is -2.50. The minimum Gasteiger partial charge on any atom is -0.358 e. The zero-order valence-electron chi connectivity index (χ0n) is 8.81. The fraction of sp³-hybridized carbons (Fsp3) is 0.0909. The molecule has 2 aromatic rings. The molecule has 6 nitrogen and oxygen atoms in total. The fourth-order valence-electron chi connectivity index (χ4n) is 1.55. The number of nitrogens with zero attached hydrogens (tertiary/aromatic N) is 3. The zero-order valence-corrected chi connectivity index (χ0v) is 8.81. The number of rotatable bonds is 4. The number of aromatic nitrogens is 2. The number of hydrogen-bond acceptors (Lipinski definition) is 4. The number of carbonyl (C=O) groups excluding carboxylic acids is 1. The molecule has 6 heteroatoms. The van der Waals surface area contributed by atoms with Crippen molar-refractivity contribution in [3.05, 3.63) is 58.0 Å². The molecule has 0 saturated carbocycles. The Morgan fingerprint density at radius 3 is 2.65 bits per heavy atom. The van der Waals surface area contributed by atoms with Gasteiger partial charge < -0.3 is 10.1 Å². The van der Waals surface area contributed by atoms with E-state index in [1.807, 2.05) is 30.3 Å². The number of aldehydes is 1. The van der Waals surface area contributed by atoms with Gasteiger partial charge in [0.2, 0.25) is 6.29 Å². The molecule has 0 bridgehead atoms. The van der Waals surface area contributed by atoms with E-state index in [0.29, 0.717) is 6.29 Å². The van der Waals surface area contributed by atoms with Crippen LogP contribution in [0, 0.1) is 10.1 Å². The Morgan fingerprint density at radius 2 is 2.06 bits per heavy atom. The highest BCUT2D eigenvalue weighted by Gasteiger charge is 2.19. The van der Waals surface area contributed by atoms with Crippen molar-refractivity contribution in [2.24, 2.45) is 0 Å². The summed E-state index contributed by atoms with van der Waals surface area (Å²) in [5.41, 5.74) is 0.872. The van der Waals surface area contributed by atoms with E-state index in [1.165, 1.54) is 4.57 Å². The highest BCUT2D eigenvalue weighted by Crippen LogP contribution is 2.15. The van der Waals surface area contributed by atoms with Gasteiger partial charge in [-0.1, -0.05) is 30.3 Å². The summed E-state index contributed by atoms with van der Waals surface area (Å²) in [5, 5.41) is 10.8. The number of hydrogen-bond donors (Lipinski definition) is 0.